The molecule has 3 heteroatoms. The molecule has 1 N–H and O–H groups in total. The Labute approximate surface area is 112 Å². The van der Waals surface area contributed by atoms with E-state index in [1.54, 1.807) is 4.90 Å². The number of carbonyl (C=O) groups excluding carboxylic acids is 1. The first-order valence-corrected chi connectivity index (χ1v) is 6.37. The quantitative estimate of drug-likeness (QED) is 0.846. The predicted octanol–water partition coefficient (Wildman–Crippen LogP) is 3.05. The number of anilines is 2. The number of amides is 1. The number of hydrogen-bond acceptors (Lipinski definition) is 2. The zero-order valence-electron chi connectivity index (χ0n) is 11.1. The Morgan fingerprint density at radius 3 is 2.47 bits per heavy atom. The van der Waals surface area contributed by atoms with Gasteiger partial charge in [-0.15, -0.1) is 0 Å². The molecule has 1 aliphatic heterocycles. The number of nitrogens with one attached hydrogen (secondary N) is 1. The zero-order valence-corrected chi connectivity index (χ0v) is 11.1. The number of rotatable bonds is 1. The van der Waals surface area contributed by atoms with Gasteiger partial charge in [-0.1, -0.05) is 35.9 Å². The Hall–Kier alpha value is -2.29. The van der Waals surface area contributed by atoms with Crippen LogP contribution in [0.25, 0.3) is 11.1 Å². The standard InChI is InChI=1S/C16H16N2O/c1-11-3-5-12(6-4-11)13-7-8-14-15(9-13)18(2)16(19)10-17-14/h3-9,17H,10H2,1-2H3. The van der Waals surface area contributed by atoms with Crippen LogP contribution in [0.1, 0.15) is 5.56 Å². The first kappa shape index (κ1) is 11.8. The molecular formula is C16H16N2O. The summed E-state index contributed by atoms with van der Waals surface area (Å²) in [7, 11) is 1.82. The lowest BCUT2D eigenvalue weighted by Crippen LogP contribution is -2.36. The van der Waals surface area contributed by atoms with Crippen molar-refractivity contribution in [2.45, 2.75) is 6.92 Å². The van der Waals surface area contributed by atoms with Gasteiger partial charge in [-0.3, -0.25) is 4.79 Å². The SMILES string of the molecule is Cc1ccc(-c2ccc3c(c2)N(C)C(=O)CN3)cc1. The van der Waals surface area contributed by atoms with Gasteiger partial charge in [0, 0.05) is 7.05 Å². The summed E-state index contributed by atoms with van der Waals surface area (Å²) in [5.41, 5.74) is 5.49. The normalized spacial score (nSPS) is 14.0. The molecule has 96 valence electrons. The molecule has 0 spiro atoms. The average Bonchev–Trinajstić information content (AvgIpc) is 2.44. The van der Waals surface area contributed by atoms with Crippen LogP contribution >= 0.6 is 0 Å². The molecule has 3 nitrogen and oxygen atoms in total. The van der Waals surface area contributed by atoms with Gasteiger partial charge in [0.1, 0.15) is 0 Å². The summed E-state index contributed by atoms with van der Waals surface area (Å²) in [5, 5.41) is 3.14. The van der Waals surface area contributed by atoms with Gasteiger partial charge in [-0.25, -0.2) is 0 Å². The van der Waals surface area contributed by atoms with Crippen LogP contribution in [0.4, 0.5) is 11.4 Å². The first-order valence-electron chi connectivity index (χ1n) is 6.37. The maximum atomic E-state index is 11.7. The third kappa shape index (κ3) is 2.08. The second kappa shape index (κ2) is 4.43. The van der Waals surface area contributed by atoms with E-state index in [1.165, 1.54) is 11.1 Å². The van der Waals surface area contributed by atoms with Crippen molar-refractivity contribution in [2.24, 2.45) is 0 Å². The number of hydrogen-bond donors (Lipinski definition) is 1. The second-order valence-electron chi connectivity index (χ2n) is 4.90. The lowest BCUT2D eigenvalue weighted by molar-refractivity contribution is -0.116. The highest BCUT2D eigenvalue weighted by atomic mass is 16.2. The van der Waals surface area contributed by atoms with Crippen molar-refractivity contribution in [2.75, 3.05) is 23.8 Å². The maximum absolute atomic E-state index is 11.7. The molecule has 1 heterocycles. The molecule has 0 saturated heterocycles. The van der Waals surface area contributed by atoms with E-state index in [1.807, 2.05) is 13.1 Å². The lowest BCUT2D eigenvalue weighted by Gasteiger charge is -2.27. The van der Waals surface area contributed by atoms with Gasteiger partial charge >= 0.3 is 0 Å². The summed E-state index contributed by atoms with van der Waals surface area (Å²) in [4.78, 5) is 13.4. The molecule has 3 rings (SSSR count). The second-order valence-corrected chi connectivity index (χ2v) is 4.90. The van der Waals surface area contributed by atoms with E-state index in [0.29, 0.717) is 6.54 Å². The molecule has 0 fully saturated rings. The third-order valence-electron chi connectivity index (χ3n) is 3.55. The fourth-order valence-electron chi connectivity index (χ4n) is 2.31. The maximum Gasteiger partial charge on any atom is 0.246 e. The first-order chi connectivity index (χ1) is 9.15. The number of likely N-dealkylation sites (N-methyl/N-ethyl adjacent to an activating group) is 1. The van der Waals surface area contributed by atoms with Crippen molar-refractivity contribution in [1.82, 2.24) is 0 Å². The van der Waals surface area contributed by atoms with Crippen LogP contribution in [-0.2, 0) is 4.79 Å². The minimum absolute atomic E-state index is 0.0913. The van der Waals surface area contributed by atoms with Crippen LogP contribution < -0.4 is 10.2 Å². The number of fused-ring (bicyclic) bond motifs is 1. The van der Waals surface area contributed by atoms with E-state index < -0.39 is 0 Å². The van der Waals surface area contributed by atoms with Crippen molar-refractivity contribution >= 4 is 17.3 Å². The van der Waals surface area contributed by atoms with Gasteiger partial charge in [-0.2, -0.15) is 0 Å². The van der Waals surface area contributed by atoms with Crippen LogP contribution in [0, 0.1) is 6.92 Å². The minimum Gasteiger partial charge on any atom is -0.374 e. The van der Waals surface area contributed by atoms with E-state index in [2.05, 4.69) is 48.6 Å². The van der Waals surface area contributed by atoms with Gasteiger partial charge in [0.05, 0.1) is 17.9 Å². The van der Waals surface area contributed by atoms with Crippen LogP contribution in [0.15, 0.2) is 42.5 Å². The van der Waals surface area contributed by atoms with Gasteiger partial charge in [0.15, 0.2) is 0 Å². The Morgan fingerprint density at radius 1 is 1.05 bits per heavy atom. The van der Waals surface area contributed by atoms with Crippen molar-refractivity contribution in [3.63, 3.8) is 0 Å². The molecular weight excluding hydrogens is 236 g/mol. The molecule has 0 saturated carbocycles. The van der Waals surface area contributed by atoms with Crippen LogP contribution in [0.3, 0.4) is 0 Å². The number of aryl methyl sites for hydroxylation is 1. The third-order valence-corrected chi connectivity index (χ3v) is 3.55. The highest BCUT2D eigenvalue weighted by Gasteiger charge is 2.20. The number of carbonyl (C=O) groups is 1. The Morgan fingerprint density at radius 2 is 1.74 bits per heavy atom. The summed E-state index contributed by atoms with van der Waals surface area (Å²) < 4.78 is 0. The minimum atomic E-state index is 0.0913. The van der Waals surface area contributed by atoms with E-state index in [9.17, 15) is 4.79 Å². The number of nitrogens with zero attached hydrogens (tertiary/aromatic N) is 1. The van der Waals surface area contributed by atoms with Crippen LogP contribution in [0.5, 0.6) is 0 Å². The van der Waals surface area contributed by atoms with Gasteiger partial charge in [0.25, 0.3) is 0 Å². The molecule has 2 aromatic rings. The van der Waals surface area contributed by atoms with Crippen LogP contribution in [-0.4, -0.2) is 19.5 Å². The molecule has 1 amide bonds. The Balaban J connectivity index is 2.05. The monoisotopic (exact) mass is 252 g/mol. The molecule has 0 aromatic heterocycles. The summed E-state index contributed by atoms with van der Waals surface area (Å²) in [6.45, 7) is 2.44. The Bertz CT molecular complexity index is 632. The highest BCUT2D eigenvalue weighted by molar-refractivity contribution is 6.03. The molecule has 0 bridgehead atoms. The fourth-order valence-corrected chi connectivity index (χ4v) is 2.31. The number of benzene rings is 2. The summed E-state index contributed by atoms with van der Waals surface area (Å²) in [6.07, 6.45) is 0. The molecule has 19 heavy (non-hydrogen) atoms. The molecule has 2 aromatic carbocycles. The highest BCUT2D eigenvalue weighted by Crippen LogP contribution is 2.33. The molecule has 0 aliphatic carbocycles. The van der Waals surface area contributed by atoms with Gasteiger partial charge < -0.3 is 10.2 Å². The topological polar surface area (TPSA) is 32.3 Å². The molecule has 1 aliphatic rings. The summed E-state index contributed by atoms with van der Waals surface area (Å²) in [5.74, 6) is 0.0913. The smallest absolute Gasteiger partial charge is 0.246 e. The fraction of sp³-hybridized carbons (Fsp3) is 0.188. The van der Waals surface area contributed by atoms with Crippen LogP contribution in [0.2, 0.25) is 0 Å². The average molecular weight is 252 g/mol. The molecule has 0 unspecified atom stereocenters. The van der Waals surface area contributed by atoms with E-state index in [0.717, 1.165) is 16.9 Å². The van der Waals surface area contributed by atoms with Crippen molar-refractivity contribution in [1.29, 1.82) is 0 Å². The Kier molecular flexibility index (Phi) is 2.75. The summed E-state index contributed by atoms with van der Waals surface area (Å²) >= 11 is 0. The molecule has 0 atom stereocenters. The van der Waals surface area contributed by atoms with E-state index >= 15 is 0 Å². The van der Waals surface area contributed by atoms with Gasteiger partial charge in [0.2, 0.25) is 5.91 Å². The van der Waals surface area contributed by atoms with Gasteiger partial charge in [-0.05, 0) is 30.2 Å². The lowest BCUT2D eigenvalue weighted by atomic mass is 10.0. The van der Waals surface area contributed by atoms with E-state index in [-0.39, 0.29) is 5.91 Å². The van der Waals surface area contributed by atoms with E-state index in [4.69, 9.17) is 0 Å². The molecule has 0 radical (unpaired) electrons. The largest absolute Gasteiger partial charge is 0.374 e. The summed E-state index contributed by atoms with van der Waals surface area (Å²) in [6, 6.07) is 14.6. The van der Waals surface area contributed by atoms with Crippen molar-refractivity contribution in [3.05, 3.63) is 48.0 Å². The predicted molar refractivity (Wildman–Crippen MR) is 78.5 cm³/mol. The zero-order chi connectivity index (χ0) is 13.4. The van der Waals surface area contributed by atoms with Crippen molar-refractivity contribution in [3.8, 4) is 11.1 Å². The van der Waals surface area contributed by atoms with Crippen molar-refractivity contribution < 1.29 is 4.79 Å².